The Morgan fingerprint density at radius 2 is 2.20 bits per heavy atom. The average Bonchev–Trinajstić information content (AvgIpc) is 2.29. The maximum Gasteiger partial charge on any atom is 0.119 e. The van der Waals surface area contributed by atoms with Gasteiger partial charge >= 0.3 is 0 Å². The fraction of sp³-hybridized carbons (Fsp3) is 0.625. The van der Waals surface area contributed by atoms with E-state index in [1.54, 1.807) is 0 Å². The molecule has 0 aromatic heterocycles. The molecule has 1 aromatic rings. The summed E-state index contributed by atoms with van der Waals surface area (Å²) in [5.41, 5.74) is 7.57. The first-order valence-electron chi connectivity index (χ1n) is 7.43. The second-order valence-corrected chi connectivity index (χ2v) is 6.38. The Morgan fingerprint density at radius 3 is 2.85 bits per heavy atom. The van der Waals surface area contributed by atoms with Crippen LogP contribution in [0.15, 0.2) is 24.3 Å². The zero-order valence-corrected chi connectivity index (χ0v) is 12.2. The quantitative estimate of drug-likeness (QED) is 0.850. The van der Waals surface area contributed by atoms with E-state index >= 15 is 0 Å². The highest BCUT2D eigenvalue weighted by Crippen LogP contribution is 2.37. The van der Waals surface area contributed by atoms with Crippen LogP contribution in [0.25, 0.3) is 0 Å². The van der Waals surface area contributed by atoms with E-state index in [-0.39, 0.29) is 6.04 Å². The smallest absolute Gasteiger partial charge is 0.119 e. The summed E-state index contributed by atoms with van der Waals surface area (Å²) >= 11 is 0. The molecule has 4 heteroatoms. The number of nitrogens with zero attached hydrogens (tertiary/aromatic N) is 1. The van der Waals surface area contributed by atoms with Crippen LogP contribution in [-0.4, -0.2) is 50.4 Å². The maximum absolute atomic E-state index is 5.84. The number of nitrogens with two attached hydrogens (primary N) is 1. The number of hydrogen-bond acceptors (Lipinski definition) is 4. The Bertz CT molecular complexity index is 450. The van der Waals surface area contributed by atoms with Crippen molar-refractivity contribution in [3.05, 3.63) is 29.8 Å². The van der Waals surface area contributed by atoms with Crippen LogP contribution in [-0.2, 0) is 11.2 Å². The minimum atomic E-state index is 0.187. The second-order valence-electron chi connectivity index (χ2n) is 6.38. The minimum absolute atomic E-state index is 0.187. The number of benzene rings is 1. The lowest BCUT2D eigenvalue weighted by molar-refractivity contribution is -0.189. The topological polar surface area (TPSA) is 47.7 Å². The molecule has 2 saturated heterocycles. The van der Waals surface area contributed by atoms with Crippen LogP contribution in [0.1, 0.15) is 12.5 Å². The zero-order chi connectivity index (χ0) is 14.0. The molecule has 1 spiro atoms. The zero-order valence-electron chi connectivity index (χ0n) is 12.2. The summed E-state index contributed by atoms with van der Waals surface area (Å²) in [5, 5.41) is 0. The Hall–Kier alpha value is -1.10. The molecule has 2 heterocycles. The first-order valence-corrected chi connectivity index (χ1v) is 7.43. The molecule has 0 amide bonds. The van der Waals surface area contributed by atoms with Gasteiger partial charge in [0, 0.05) is 31.1 Å². The monoisotopic (exact) mass is 276 g/mol. The summed E-state index contributed by atoms with van der Waals surface area (Å²) in [6.07, 6.45) is 0.895. The molecule has 1 atom stereocenters. The van der Waals surface area contributed by atoms with Crippen LogP contribution < -0.4 is 10.5 Å². The highest BCUT2D eigenvalue weighted by Gasteiger charge is 2.48. The summed E-state index contributed by atoms with van der Waals surface area (Å²) in [6, 6.07) is 8.44. The number of hydrogen-bond donors (Lipinski definition) is 1. The third-order valence-electron chi connectivity index (χ3n) is 4.07. The molecule has 0 saturated carbocycles. The van der Waals surface area contributed by atoms with Crippen molar-refractivity contribution in [1.82, 2.24) is 4.90 Å². The third kappa shape index (κ3) is 3.14. The fourth-order valence-electron chi connectivity index (χ4n) is 3.06. The van der Waals surface area contributed by atoms with Crippen molar-refractivity contribution in [1.29, 1.82) is 0 Å². The Labute approximate surface area is 120 Å². The standard InChI is InChI=1S/C16H24N2O2/c1-13(17)7-14-3-2-4-15(8-14)20-6-5-18-9-16(10-18)11-19-12-16/h2-4,8,13H,5-7,9-12,17H2,1H3. The summed E-state index contributed by atoms with van der Waals surface area (Å²) in [7, 11) is 0. The summed E-state index contributed by atoms with van der Waals surface area (Å²) < 4.78 is 11.1. The van der Waals surface area contributed by atoms with Gasteiger partial charge in [0.2, 0.25) is 0 Å². The minimum Gasteiger partial charge on any atom is -0.492 e. The molecule has 4 nitrogen and oxygen atoms in total. The predicted molar refractivity (Wildman–Crippen MR) is 79.0 cm³/mol. The van der Waals surface area contributed by atoms with Crippen LogP contribution in [0.2, 0.25) is 0 Å². The van der Waals surface area contributed by atoms with E-state index in [1.165, 1.54) is 18.7 Å². The molecular formula is C16H24N2O2. The predicted octanol–water partition coefficient (Wildman–Crippen LogP) is 1.29. The van der Waals surface area contributed by atoms with Gasteiger partial charge in [0.25, 0.3) is 0 Å². The molecule has 2 aliphatic rings. The normalized spacial score (nSPS) is 22.1. The summed E-state index contributed by atoms with van der Waals surface area (Å²) in [5.74, 6) is 0.949. The highest BCUT2D eigenvalue weighted by atomic mass is 16.5. The van der Waals surface area contributed by atoms with Crippen LogP contribution >= 0.6 is 0 Å². The van der Waals surface area contributed by atoms with Crippen molar-refractivity contribution >= 4 is 0 Å². The first kappa shape index (κ1) is 13.9. The van der Waals surface area contributed by atoms with E-state index < -0.39 is 0 Å². The van der Waals surface area contributed by atoms with Crippen molar-refractivity contribution in [3.8, 4) is 5.75 Å². The molecule has 2 N–H and O–H groups in total. The number of ether oxygens (including phenoxy) is 2. The van der Waals surface area contributed by atoms with Crippen LogP contribution in [0.3, 0.4) is 0 Å². The second kappa shape index (κ2) is 5.72. The van der Waals surface area contributed by atoms with Gasteiger partial charge in [0.1, 0.15) is 12.4 Å². The Kier molecular flexibility index (Phi) is 3.96. The van der Waals surface area contributed by atoms with Gasteiger partial charge in [-0.15, -0.1) is 0 Å². The van der Waals surface area contributed by atoms with Gasteiger partial charge in [0.15, 0.2) is 0 Å². The average molecular weight is 276 g/mol. The van der Waals surface area contributed by atoms with Crippen LogP contribution in [0.4, 0.5) is 0 Å². The van der Waals surface area contributed by atoms with E-state index in [0.29, 0.717) is 5.41 Å². The molecule has 0 aliphatic carbocycles. The lowest BCUT2D eigenvalue weighted by Gasteiger charge is -2.55. The van der Waals surface area contributed by atoms with Gasteiger partial charge in [-0.05, 0) is 31.0 Å². The van der Waals surface area contributed by atoms with Crippen molar-refractivity contribution in [2.24, 2.45) is 11.1 Å². The lowest BCUT2D eigenvalue weighted by Crippen LogP contribution is -2.66. The molecule has 0 bridgehead atoms. The largest absolute Gasteiger partial charge is 0.492 e. The molecule has 20 heavy (non-hydrogen) atoms. The molecule has 0 radical (unpaired) electrons. The Balaban J connectivity index is 1.40. The summed E-state index contributed by atoms with van der Waals surface area (Å²) in [4.78, 5) is 2.44. The number of likely N-dealkylation sites (tertiary alicyclic amines) is 1. The fourth-order valence-corrected chi connectivity index (χ4v) is 3.06. The van der Waals surface area contributed by atoms with Crippen molar-refractivity contribution in [2.75, 3.05) is 39.5 Å². The SMILES string of the molecule is CC(N)Cc1cccc(OCCN2CC3(COC3)C2)c1. The maximum atomic E-state index is 5.84. The molecule has 1 unspecified atom stereocenters. The van der Waals surface area contributed by atoms with Gasteiger partial charge in [0.05, 0.1) is 13.2 Å². The molecule has 2 aliphatic heterocycles. The van der Waals surface area contributed by atoms with Gasteiger partial charge in [-0.25, -0.2) is 0 Å². The summed E-state index contributed by atoms with van der Waals surface area (Å²) in [6.45, 7) is 8.00. The van der Waals surface area contributed by atoms with E-state index in [1.807, 2.05) is 19.1 Å². The van der Waals surface area contributed by atoms with Crippen molar-refractivity contribution in [3.63, 3.8) is 0 Å². The van der Waals surface area contributed by atoms with E-state index in [9.17, 15) is 0 Å². The van der Waals surface area contributed by atoms with E-state index in [0.717, 1.165) is 38.5 Å². The van der Waals surface area contributed by atoms with Gasteiger partial charge in [-0.2, -0.15) is 0 Å². The Morgan fingerprint density at radius 1 is 1.40 bits per heavy atom. The van der Waals surface area contributed by atoms with Crippen molar-refractivity contribution in [2.45, 2.75) is 19.4 Å². The molecule has 110 valence electrons. The number of rotatable bonds is 6. The van der Waals surface area contributed by atoms with Crippen LogP contribution in [0, 0.1) is 5.41 Å². The first-order chi connectivity index (χ1) is 9.65. The highest BCUT2D eigenvalue weighted by molar-refractivity contribution is 5.29. The molecule has 3 rings (SSSR count). The molecular weight excluding hydrogens is 252 g/mol. The molecule has 2 fully saturated rings. The van der Waals surface area contributed by atoms with Crippen LogP contribution in [0.5, 0.6) is 5.75 Å². The molecule has 1 aromatic carbocycles. The van der Waals surface area contributed by atoms with E-state index in [2.05, 4.69) is 17.0 Å². The van der Waals surface area contributed by atoms with Gasteiger partial charge in [-0.1, -0.05) is 12.1 Å². The lowest BCUT2D eigenvalue weighted by atomic mass is 9.78. The van der Waals surface area contributed by atoms with Gasteiger partial charge < -0.3 is 15.2 Å². The van der Waals surface area contributed by atoms with Crippen molar-refractivity contribution < 1.29 is 9.47 Å². The van der Waals surface area contributed by atoms with E-state index in [4.69, 9.17) is 15.2 Å². The van der Waals surface area contributed by atoms with Gasteiger partial charge in [-0.3, -0.25) is 4.90 Å². The third-order valence-corrected chi connectivity index (χ3v) is 4.07.